The average Bonchev–Trinajstić information content (AvgIpc) is 2.36. The van der Waals surface area contributed by atoms with Crippen LogP contribution in [0.4, 0.5) is 0 Å². The molecule has 2 N–H and O–H groups in total. The zero-order valence-electron chi connectivity index (χ0n) is 10.2. The van der Waals surface area contributed by atoms with E-state index in [1.165, 1.54) is 16.7 Å². The smallest absolute Gasteiger partial charge is 0.0615 e. The Hall–Kier alpha value is -0.860. The molecule has 2 atom stereocenters. The second-order valence-corrected chi connectivity index (χ2v) is 4.72. The largest absolute Gasteiger partial charge is 0.381 e. The van der Waals surface area contributed by atoms with E-state index in [1.807, 2.05) is 7.11 Å². The quantitative estimate of drug-likeness (QED) is 0.846. The number of benzene rings is 1. The molecule has 0 amide bonds. The van der Waals surface area contributed by atoms with Gasteiger partial charge in [0.05, 0.1) is 6.10 Å². The number of nitrogens with two attached hydrogens (primary N) is 1. The van der Waals surface area contributed by atoms with Gasteiger partial charge in [0.15, 0.2) is 0 Å². The number of hydrogen-bond acceptors (Lipinski definition) is 2. The van der Waals surface area contributed by atoms with E-state index in [0.29, 0.717) is 18.6 Å². The lowest BCUT2D eigenvalue weighted by Crippen LogP contribution is -2.23. The molecule has 0 radical (unpaired) electrons. The van der Waals surface area contributed by atoms with Crippen molar-refractivity contribution in [3.8, 4) is 0 Å². The molecule has 1 aromatic rings. The fraction of sp³-hybridized carbons (Fsp3) is 0.571. The minimum absolute atomic E-state index is 0.388. The first-order valence-electron chi connectivity index (χ1n) is 6.09. The number of methoxy groups -OCH3 is 1. The summed E-state index contributed by atoms with van der Waals surface area (Å²) in [5.41, 5.74) is 10.2. The Bertz CT molecular complexity index is 362. The third kappa shape index (κ3) is 2.13. The van der Waals surface area contributed by atoms with Gasteiger partial charge >= 0.3 is 0 Å². The highest BCUT2D eigenvalue weighted by molar-refractivity contribution is 5.39. The lowest BCUT2D eigenvalue weighted by molar-refractivity contribution is 0.0908. The van der Waals surface area contributed by atoms with Gasteiger partial charge < -0.3 is 10.5 Å². The summed E-state index contributed by atoms with van der Waals surface area (Å²) in [6, 6.07) is 6.62. The zero-order chi connectivity index (χ0) is 11.5. The summed E-state index contributed by atoms with van der Waals surface area (Å²) in [7, 11) is 1.81. The van der Waals surface area contributed by atoms with Gasteiger partial charge in [-0.15, -0.1) is 0 Å². The molecule has 2 rings (SSSR count). The van der Waals surface area contributed by atoms with Gasteiger partial charge in [0, 0.05) is 7.11 Å². The van der Waals surface area contributed by atoms with Crippen molar-refractivity contribution in [2.24, 2.45) is 5.73 Å². The highest BCUT2D eigenvalue weighted by Gasteiger charge is 2.21. The molecule has 1 aliphatic rings. The van der Waals surface area contributed by atoms with E-state index < -0.39 is 0 Å². The van der Waals surface area contributed by atoms with E-state index in [-0.39, 0.29) is 0 Å². The van der Waals surface area contributed by atoms with Crippen LogP contribution < -0.4 is 5.73 Å². The van der Waals surface area contributed by atoms with Gasteiger partial charge in [0.2, 0.25) is 0 Å². The van der Waals surface area contributed by atoms with E-state index in [0.717, 1.165) is 19.3 Å². The Balaban J connectivity index is 2.34. The Morgan fingerprint density at radius 2 is 2.31 bits per heavy atom. The highest BCUT2D eigenvalue weighted by Crippen LogP contribution is 2.29. The Morgan fingerprint density at radius 1 is 1.50 bits per heavy atom. The van der Waals surface area contributed by atoms with E-state index in [1.54, 1.807) is 0 Å². The average molecular weight is 219 g/mol. The molecule has 0 saturated heterocycles. The minimum atomic E-state index is 0.388. The van der Waals surface area contributed by atoms with Gasteiger partial charge in [0.25, 0.3) is 0 Å². The lowest BCUT2D eigenvalue weighted by atomic mass is 9.83. The van der Waals surface area contributed by atoms with Crippen LogP contribution in [0.5, 0.6) is 0 Å². The molecular weight excluding hydrogens is 198 g/mol. The topological polar surface area (TPSA) is 35.2 Å². The molecule has 2 heteroatoms. The molecule has 16 heavy (non-hydrogen) atoms. The fourth-order valence-electron chi connectivity index (χ4n) is 2.57. The maximum Gasteiger partial charge on any atom is 0.0615 e. The zero-order valence-corrected chi connectivity index (χ0v) is 10.2. The Labute approximate surface area is 97.8 Å². The summed E-state index contributed by atoms with van der Waals surface area (Å²) in [6.45, 7) is 2.92. The van der Waals surface area contributed by atoms with Crippen molar-refractivity contribution in [1.29, 1.82) is 0 Å². The summed E-state index contributed by atoms with van der Waals surface area (Å²) >= 11 is 0. The number of fused-ring (bicyclic) bond motifs is 1. The van der Waals surface area contributed by atoms with Gasteiger partial charge in [-0.05, 0) is 48.4 Å². The second-order valence-electron chi connectivity index (χ2n) is 4.72. The number of hydrogen-bond donors (Lipinski definition) is 1. The normalized spacial score (nSPS) is 21.6. The number of ether oxygens (including phenoxy) is 1. The fourth-order valence-corrected chi connectivity index (χ4v) is 2.57. The number of aryl methyl sites for hydroxylation is 1. The molecule has 2 nitrogen and oxygen atoms in total. The molecule has 0 fully saturated rings. The van der Waals surface area contributed by atoms with Crippen molar-refractivity contribution in [2.45, 2.75) is 38.2 Å². The lowest BCUT2D eigenvalue weighted by Gasteiger charge is -2.27. The molecular formula is C14H21NO. The van der Waals surface area contributed by atoms with Crippen LogP contribution >= 0.6 is 0 Å². The molecule has 1 aliphatic carbocycles. The van der Waals surface area contributed by atoms with Crippen LogP contribution in [0.25, 0.3) is 0 Å². The van der Waals surface area contributed by atoms with Crippen molar-refractivity contribution >= 4 is 0 Å². The molecule has 0 aromatic heterocycles. The molecule has 1 aromatic carbocycles. The molecule has 0 saturated carbocycles. The highest BCUT2D eigenvalue weighted by atomic mass is 16.5. The molecule has 0 unspecified atom stereocenters. The third-order valence-corrected chi connectivity index (χ3v) is 3.69. The van der Waals surface area contributed by atoms with E-state index in [4.69, 9.17) is 10.5 Å². The summed E-state index contributed by atoms with van der Waals surface area (Å²) in [6.07, 6.45) is 3.72. The van der Waals surface area contributed by atoms with Crippen molar-refractivity contribution in [3.63, 3.8) is 0 Å². The Kier molecular flexibility index (Phi) is 3.62. The summed E-state index contributed by atoms with van der Waals surface area (Å²) in [5.74, 6) is 0.450. The first-order valence-corrected chi connectivity index (χ1v) is 6.09. The van der Waals surface area contributed by atoms with E-state index in [9.17, 15) is 0 Å². The molecule has 88 valence electrons. The van der Waals surface area contributed by atoms with Crippen LogP contribution in [-0.4, -0.2) is 19.8 Å². The van der Waals surface area contributed by atoms with E-state index >= 15 is 0 Å². The predicted molar refractivity (Wildman–Crippen MR) is 66.7 cm³/mol. The predicted octanol–water partition coefficient (Wildman–Crippen LogP) is 2.25. The third-order valence-electron chi connectivity index (χ3n) is 3.69. The molecule has 0 aliphatic heterocycles. The summed E-state index contributed by atoms with van der Waals surface area (Å²) < 4.78 is 5.49. The summed E-state index contributed by atoms with van der Waals surface area (Å²) in [5, 5.41) is 0. The molecule has 0 heterocycles. The van der Waals surface area contributed by atoms with Gasteiger partial charge in [-0.2, -0.15) is 0 Å². The van der Waals surface area contributed by atoms with E-state index in [2.05, 4.69) is 25.1 Å². The Morgan fingerprint density at radius 3 is 3.00 bits per heavy atom. The maximum atomic E-state index is 5.77. The molecule has 0 spiro atoms. The summed E-state index contributed by atoms with van der Waals surface area (Å²) in [4.78, 5) is 0. The monoisotopic (exact) mass is 219 g/mol. The van der Waals surface area contributed by atoms with Crippen molar-refractivity contribution < 1.29 is 4.74 Å². The van der Waals surface area contributed by atoms with Crippen LogP contribution in [0, 0.1) is 0 Å². The number of rotatable bonds is 3. The van der Waals surface area contributed by atoms with Gasteiger partial charge in [-0.25, -0.2) is 0 Å². The van der Waals surface area contributed by atoms with Crippen LogP contribution in [-0.2, 0) is 17.6 Å². The van der Waals surface area contributed by atoms with Crippen LogP contribution in [0.3, 0.4) is 0 Å². The SMILES string of the molecule is CO[C@H]1CCc2cccc([C@@H](C)CN)c2C1. The minimum Gasteiger partial charge on any atom is -0.381 e. The van der Waals surface area contributed by atoms with Gasteiger partial charge in [-0.3, -0.25) is 0 Å². The van der Waals surface area contributed by atoms with Crippen molar-refractivity contribution in [1.82, 2.24) is 0 Å². The first kappa shape index (κ1) is 11.6. The van der Waals surface area contributed by atoms with Gasteiger partial charge in [0.1, 0.15) is 0 Å². The first-order chi connectivity index (χ1) is 7.76. The van der Waals surface area contributed by atoms with Crippen LogP contribution in [0.2, 0.25) is 0 Å². The molecule has 0 bridgehead atoms. The van der Waals surface area contributed by atoms with Crippen molar-refractivity contribution in [3.05, 3.63) is 34.9 Å². The van der Waals surface area contributed by atoms with Crippen LogP contribution in [0.15, 0.2) is 18.2 Å². The second kappa shape index (κ2) is 4.98. The van der Waals surface area contributed by atoms with Gasteiger partial charge in [-0.1, -0.05) is 25.1 Å². The standard InChI is InChI=1S/C14H21NO/c1-10(9-15)13-5-3-4-11-6-7-12(16-2)8-14(11)13/h3-5,10,12H,6-9,15H2,1-2H3/t10-,12-/m0/s1. The van der Waals surface area contributed by atoms with Crippen LogP contribution in [0.1, 0.15) is 36.0 Å². The maximum absolute atomic E-state index is 5.77. The van der Waals surface area contributed by atoms with Crippen molar-refractivity contribution in [2.75, 3.05) is 13.7 Å².